The van der Waals surface area contributed by atoms with E-state index in [0.717, 1.165) is 6.07 Å². The Kier molecular flexibility index (Phi) is 5.67. The van der Waals surface area contributed by atoms with Crippen molar-refractivity contribution < 1.29 is 32.8 Å². The Labute approximate surface area is 169 Å². The van der Waals surface area contributed by atoms with Crippen molar-refractivity contribution in [2.24, 2.45) is 0 Å². The number of halogens is 1. The summed E-state index contributed by atoms with van der Waals surface area (Å²) < 4.78 is 29.2. The van der Waals surface area contributed by atoms with Gasteiger partial charge >= 0.3 is 5.97 Å². The summed E-state index contributed by atoms with van der Waals surface area (Å²) in [7, 11) is 1.35. The molecule has 30 heavy (non-hydrogen) atoms. The zero-order valence-electron chi connectivity index (χ0n) is 16.2. The van der Waals surface area contributed by atoms with Gasteiger partial charge < -0.3 is 19.2 Å². The number of nitrogens with one attached hydrogen (secondary N) is 1. The summed E-state index contributed by atoms with van der Waals surface area (Å²) >= 11 is 0. The molecule has 0 unspecified atom stereocenters. The fourth-order valence-electron chi connectivity index (χ4n) is 2.80. The van der Waals surface area contributed by atoms with E-state index in [2.05, 4.69) is 5.32 Å². The molecule has 0 bridgehead atoms. The molecule has 10 heteroatoms. The Balaban J connectivity index is 1.77. The number of para-hydroxylation sites is 1. The second kappa shape index (κ2) is 8.19. The van der Waals surface area contributed by atoms with Crippen molar-refractivity contribution in [3.05, 3.63) is 63.7 Å². The lowest BCUT2D eigenvalue weighted by Crippen LogP contribution is -2.30. The van der Waals surface area contributed by atoms with Gasteiger partial charge in [-0.15, -0.1) is 0 Å². The summed E-state index contributed by atoms with van der Waals surface area (Å²) in [6, 6.07) is 8.15. The largest absolute Gasteiger partial charge is 0.496 e. The molecule has 1 amide bonds. The highest BCUT2D eigenvalue weighted by Gasteiger charge is 2.26. The van der Waals surface area contributed by atoms with E-state index in [1.165, 1.54) is 38.3 Å². The molecule has 0 aliphatic heterocycles. The van der Waals surface area contributed by atoms with Crippen LogP contribution in [0.5, 0.6) is 5.75 Å². The Hall–Kier alpha value is -3.95. The summed E-state index contributed by atoms with van der Waals surface area (Å²) in [5.74, 6) is -2.38. The molecule has 1 atom stereocenters. The molecule has 0 radical (unpaired) electrons. The molecular weight excluding hydrogens is 399 g/mol. The standard InChI is InChI=1S/C20H17FN2O7/c1-10-13-5-4-6-14(21)18(13)30-17(10)20(25)29-11(2)19(24)22-15-8-7-12(28-3)9-16(15)23(26)27/h4-9,11H,1-3H3,(H,22,24)/t11-/m1/s1. The first-order valence-corrected chi connectivity index (χ1v) is 8.74. The number of hydrogen-bond donors (Lipinski definition) is 1. The normalized spacial score (nSPS) is 11.7. The summed E-state index contributed by atoms with van der Waals surface area (Å²) in [5.41, 5.74) is -0.193. The molecule has 0 spiro atoms. The van der Waals surface area contributed by atoms with Crippen molar-refractivity contribution in [1.29, 1.82) is 0 Å². The van der Waals surface area contributed by atoms with Gasteiger partial charge in [0, 0.05) is 10.9 Å². The van der Waals surface area contributed by atoms with Crippen molar-refractivity contribution in [3.8, 4) is 5.75 Å². The number of carbonyl (C=O) groups excluding carboxylic acids is 2. The molecule has 1 aromatic heterocycles. The number of hydrogen-bond acceptors (Lipinski definition) is 7. The van der Waals surface area contributed by atoms with Gasteiger partial charge in [-0.25, -0.2) is 9.18 Å². The number of benzene rings is 2. The quantitative estimate of drug-likeness (QED) is 0.366. The molecule has 2 aromatic carbocycles. The van der Waals surface area contributed by atoms with Crippen LogP contribution in [0.25, 0.3) is 11.0 Å². The minimum absolute atomic E-state index is 0.0873. The van der Waals surface area contributed by atoms with E-state index in [9.17, 15) is 24.1 Å². The highest BCUT2D eigenvalue weighted by molar-refractivity contribution is 6.00. The number of esters is 1. The molecule has 9 nitrogen and oxygen atoms in total. The molecule has 3 rings (SSSR count). The van der Waals surface area contributed by atoms with Gasteiger partial charge in [0.2, 0.25) is 5.76 Å². The van der Waals surface area contributed by atoms with Crippen LogP contribution in [0.2, 0.25) is 0 Å². The second-order valence-electron chi connectivity index (χ2n) is 6.35. The van der Waals surface area contributed by atoms with E-state index in [1.54, 1.807) is 13.0 Å². The SMILES string of the molecule is COc1ccc(NC(=O)[C@@H](C)OC(=O)c2oc3c(F)cccc3c2C)c([N+](=O)[O-])c1. The van der Waals surface area contributed by atoms with E-state index in [-0.39, 0.29) is 28.5 Å². The predicted molar refractivity (Wildman–Crippen MR) is 104 cm³/mol. The monoisotopic (exact) mass is 416 g/mol. The number of anilines is 1. The molecule has 156 valence electrons. The first kappa shape index (κ1) is 20.8. The molecule has 0 saturated carbocycles. The van der Waals surface area contributed by atoms with E-state index < -0.39 is 28.7 Å². The van der Waals surface area contributed by atoms with Gasteiger partial charge in [0.1, 0.15) is 11.4 Å². The third-order valence-electron chi connectivity index (χ3n) is 4.41. The van der Waals surface area contributed by atoms with Gasteiger partial charge in [-0.05, 0) is 32.0 Å². The third-order valence-corrected chi connectivity index (χ3v) is 4.41. The second-order valence-corrected chi connectivity index (χ2v) is 6.35. The molecule has 0 aliphatic carbocycles. The van der Waals surface area contributed by atoms with Crippen molar-refractivity contribution in [3.63, 3.8) is 0 Å². The highest BCUT2D eigenvalue weighted by Crippen LogP contribution is 2.30. The van der Waals surface area contributed by atoms with Gasteiger partial charge in [0.15, 0.2) is 17.5 Å². The van der Waals surface area contributed by atoms with Crippen LogP contribution < -0.4 is 10.1 Å². The van der Waals surface area contributed by atoms with E-state index >= 15 is 0 Å². The van der Waals surface area contributed by atoms with Gasteiger partial charge in [-0.1, -0.05) is 12.1 Å². The first-order valence-electron chi connectivity index (χ1n) is 8.74. The summed E-state index contributed by atoms with van der Waals surface area (Å²) in [4.78, 5) is 35.4. The number of carbonyl (C=O) groups is 2. The zero-order valence-corrected chi connectivity index (χ0v) is 16.2. The first-order chi connectivity index (χ1) is 14.2. The molecule has 0 saturated heterocycles. The van der Waals surface area contributed by atoms with E-state index in [4.69, 9.17) is 13.9 Å². The Bertz CT molecular complexity index is 1160. The lowest BCUT2D eigenvalue weighted by molar-refractivity contribution is -0.384. The van der Waals surface area contributed by atoms with Gasteiger partial charge in [-0.3, -0.25) is 14.9 Å². The zero-order chi connectivity index (χ0) is 22.0. The van der Waals surface area contributed by atoms with Crippen molar-refractivity contribution in [1.82, 2.24) is 0 Å². The number of methoxy groups -OCH3 is 1. The average molecular weight is 416 g/mol. The maximum absolute atomic E-state index is 13.9. The molecular formula is C20H17FN2O7. The fraction of sp³-hybridized carbons (Fsp3) is 0.200. The number of fused-ring (bicyclic) bond motifs is 1. The number of ether oxygens (including phenoxy) is 2. The number of rotatable bonds is 6. The maximum Gasteiger partial charge on any atom is 0.375 e. The van der Waals surface area contributed by atoms with Crippen LogP contribution >= 0.6 is 0 Å². The number of amides is 1. The minimum atomic E-state index is -1.31. The number of nitrogens with zero attached hydrogens (tertiary/aromatic N) is 1. The number of nitro groups is 1. The molecule has 0 fully saturated rings. The van der Waals surface area contributed by atoms with Crippen molar-refractivity contribution in [2.45, 2.75) is 20.0 Å². The van der Waals surface area contributed by atoms with Gasteiger partial charge in [0.05, 0.1) is 18.1 Å². The maximum atomic E-state index is 13.9. The van der Waals surface area contributed by atoms with Gasteiger partial charge in [-0.2, -0.15) is 0 Å². The molecule has 3 aromatic rings. The lowest BCUT2D eigenvalue weighted by Gasteiger charge is -2.13. The molecule has 1 N–H and O–H groups in total. The minimum Gasteiger partial charge on any atom is -0.496 e. The van der Waals surface area contributed by atoms with E-state index in [1.807, 2.05) is 0 Å². The Morgan fingerprint density at radius 3 is 2.63 bits per heavy atom. The average Bonchev–Trinajstić information content (AvgIpc) is 3.06. The van der Waals surface area contributed by atoms with Crippen LogP contribution in [0.3, 0.4) is 0 Å². The van der Waals surface area contributed by atoms with Crippen LogP contribution in [0.1, 0.15) is 23.0 Å². The summed E-state index contributed by atoms with van der Waals surface area (Å²) in [5, 5.41) is 14.0. The van der Waals surface area contributed by atoms with Crippen LogP contribution in [0, 0.1) is 22.9 Å². The van der Waals surface area contributed by atoms with E-state index in [0.29, 0.717) is 10.9 Å². The highest BCUT2D eigenvalue weighted by atomic mass is 19.1. The Morgan fingerprint density at radius 1 is 1.27 bits per heavy atom. The molecule has 0 aliphatic rings. The predicted octanol–water partition coefficient (Wildman–Crippen LogP) is 3.98. The molecule has 1 heterocycles. The van der Waals surface area contributed by atoms with Crippen LogP contribution in [-0.2, 0) is 9.53 Å². The topological polar surface area (TPSA) is 121 Å². The van der Waals surface area contributed by atoms with Crippen molar-refractivity contribution in [2.75, 3.05) is 12.4 Å². The van der Waals surface area contributed by atoms with Crippen molar-refractivity contribution >= 4 is 34.2 Å². The van der Waals surface area contributed by atoms with Gasteiger partial charge in [0.25, 0.3) is 11.6 Å². The van der Waals surface area contributed by atoms with Crippen LogP contribution in [0.15, 0.2) is 40.8 Å². The lowest BCUT2D eigenvalue weighted by atomic mass is 10.1. The fourth-order valence-corrected chi connectivity index (χ4v) is 2.80. The smallest absolute Gasteiger partial charge is 0.375 e. The third kappa shape index (κ3) is 3.93. The number of furan rings is 1. The summed E-state index contributed by atoms with van der Waals surface area (Å²) in [6.45, 7) is 2.86. The number of nitro benzene ring substituents is 1. The van der Waals surface area contributed by atoms with Crippen LogP contribution in [-0.4, -0.2) is 30.0 Å². The number of aryl methyl sites for hydroxylation is 1. The van der Waals surface area contributed by atoms with Crippen LogP contribution in [0.4, 0.5) is 15.8 Å². The summed E-state index contributed by atoms with van der Waals surface area (Å²) in [6.07, 6.45) is -1.31. The Morgan fingerprint density at radius 2 is 2.00 bits per heavy atom.